The Bertz CT molecular complexity index is 432. The number of amidine groups is 1. The van der Waals surface area contributed by atoms with E-state index in [-0.39, 0.29) is 5.56 Å². The Morgan fingerprint density at radius 1 is 1.50 bits per heavy atom. The van der Waals surface area contributed by atoms with Crippen LogP contribution in [0.3, 0.4) is 0 Å². The van der Waals surface area contributed by atoms with Gasteiger partial charge in [0.1, 0.15) is 5.84 Å². The average Bonchev–Trinajstić information content (AvgIpc) is 2.78. The van der Waals surface area contributed by atoms with Gasteiger partial charge in [-0.1, -0.05) is 12.8 Å². The maximum atomic E-state index is 11.2. The summed E-state index contributed by atoms with van der Waals surface area (Å²) in [5, 5.41) is 0. The molecule has 1 saturated carbocycles. The number of nitrogens with zero attached hydrogens (tertiary/aromatic N) is 1. The number of pyridine rings is 1. The van der Waals surface area contributed by atoms with E-state index in [4.69, 9.17) is 5.84 Å². The summed E-state index contributed by atoms with van der Waals surface area (Å²) in [6.07, 6.45) is 6.25. The van der Waals surface area contributed by atoms with Crippen molar-refractivity contribution in [2.45, 2.75) is 31.7 Å². The fourth-order valence-corrected chi connectivity index (χ4v) is 2.00. The third kappa shape index (κ3) is 2.49. The van der Waals surface area contributed by atoms with Crippen molar-refractivity contribution >= 4 is 5.84 Å². The van der Waals surface area contributed by atoms with Crippen LogP contribution in [-0.4, -0.2) is 16.9 Å². The van der Waals surface area contributed by atoms with Crippen LogP contribution >= 0.6 is 0 Å². The predicted octanol–water partition coefficient (Wildman–Crippen LogP) is 0.527. The summed E-state index contributed by atoms with van der Waals surface area (Å²) in [6, 6.07) is 3.62. The molecule has 86 valence electrons. The van der Waals surface area contributed by atoms with Crippen LogP contribution < -0.4 is 16.8 Å². The van der Waals surface area contributed by atoms with Gasteiger partial charge in [0.05, 0.1) is 6.04 Å². The van der Waals surface area contributed by atoms with Crippen molar-refractivity contribution in [3.8, 4) is 0 Å². The van der Waals surface area contributed by atoms with Gasteiger partial charge in [-0.2, -0.15) is 0 Å². The topological polar surface area (TPSA) is 83.3 Å². The number of aliphatic imine (C=N–C) groups is 1. The van der Waals surface area contributed by atoms with E-state index in [9.17, 15) is 4.79 Å². The van der Waals surface area contributed by atoms with E-state index in [1.54, 1.807) is 12.3 Å². The van der Waals surface area contributed by atoms with Crippen molar-refractivity contribution in [2.75, 3.05) is 0 Å². The molecule has 0 bridgehead atoms. The van der Waals surface area contributed by atoms with Gasteiger partial charge in [-0.3, -0.25) is 9.79 Å². The molecule has 5 heteroatoms. The highest BCUT2D eigenvalue weighted by Crippen LogP contribution is 2.21. The highest BCUT2D eigenvalue weighted by molar-refractivity contribution is 5.98. The zero-order chi connectivity index (χ0) is 11.4. The number of aromatic amines is 1. The third-order valence-corrected chi connectivity index (χ3v) is 2.82. The van der Waals surface area contributed by atoms with Crippen LogP contribution in [0.2, 0.25) is 0 Å². The van der Waals surface area contributed by atoms with Gasteiger partial charge in [-0.15, -0.1) is 0 Å². The van der Waals surface area contributed by atoms with Crippen molar-refractivity contribution < 1.29 is 0 Å². The third-order valence-electron chi connectivity index (χ3n) is 2.82. The maximum Gasteiger partial charge on any atom is 0.248 e. The average molecular weight is 220 g/mol. The Labute approximate surface area is 93.8 Å². The van der Waals surface area contributed by atoms with Gasteiger partial charge in [-0.05, 0) is 18.9 Å². The van der Waals surface area contributed by atoms with Gasteiger partial charge >= 0.3 is 0 Å². The van der Waals surface area contributed by atoms with E-state index in [2.05, 4.69) is 15.4 Å². The number of aromatic nitrogens is 1. The second kappa shape index (κ2) is 4.94. The normalized spacial score (nSPS) is 17.7. The van der Waals surface area contributed by atoms with Crippen molar-refractivity contribution in [1.82, 2.24) is 10.4 Å². The van der Waals surface area contributed by atoms with E-state index < -0.39 is 0 Å². The van der Waals surface area contributed by atoms with Gasteiger partial charge in [0.15, 0.2) is 0 Å². The van der Waals surface area contributed by atoms with Gasteiger partial charge in [0.2, 0.25) is 5.56 Å². The molecule has 2 rings (SSSR count). The second-order valence-corrected chi connectivity index (χ2v) is 4.00. The summed E-state index contributed by atoms with van der Waals surface area (Å²) in [7, 11) is 0. The lowest BCUT2D eigenvalue weighted by atomic mass is 10.2. The Kier molecular flexibility index (Phi) is 3.36. The minimum Gasteiger partial charge on any atom is -0.329 e. The summed E-state index contributed by atoms with van der Waals surface area (Å²) in [6.45, 7) is 0. The summed E-state index contributed by atoms with van der Waals surface area (Å²) in [5.74, 6) is 6.04. The molecule has 0 unspecified atom stereocenters. The molecule has 0 aliphatic heterocycles. The molecule has 0 amide bonds. The zero-order valence-electron chi connectivity index (χ0n) is 9.07. The Morgan fingerprint density at radius 2 is 2.25 bits per heavy atom. The van der Waals surface area contributed by atoms with Crippen LogP contribution in [0.1, 0.15) is 31.2 Å². The van der Waals surface area contributed by atoms with Gasteiger partial charge in [-0.25, -0.2) is 5.84 Å². The Hall–Kier alpha value is -1.62. The monoisotopic (exact) mass is 220 g/mol. The van der Waals surface area contributed by atoms with Crippen molar-refractivity contribution in [1.29, 1.82) is 0 Å². The maximum absolute atomic E-state index is 11.2. The fourth-order valence-electron chi connectivity index (χ4n) is 2.00. The Morgan fingerprint density at radius 3 is 2.88 bits per heavy atom. The molecule has 1 aliphatic carbocycles. The molecule has 1 aromatic rings. The number of rotatable bonds is 2. The molecule has 0 radical (unpaired) electrons. The zero-order valence-corrected chi connectivity index (χ0v) is 9.07. The van der Waals surface area contributed by atoms with Gasteiger partial charge in [0.25, 0.3) is 0 Å². The van der Waals surface area contributed by atoms with Crippen molar-refractivity contribution in [3.63, 3.8) is 0 Å². The van der Waals surface area contributed by atoms with Crippen LogP contribution in [0.15, 0.2) is 28.1 Å². The molecule has 5 nitrogen and oxygen atoms in total. The number of H-pyrrole nitrogens is 1. The van der Waals surface area contributed by atoms with E-state index in [0.29, 0.717) is 11.9 Å². The first-order chi connectivity index (χ1) is 7.79. The molecule has 0 aromatic carbocycles. The molecule has 1 fully saturated rings. The number of hydrazine groups is 1. The lowest BCUT2D eigenvalue weighted by Crippen LogP contribution is -2.33. The van der Waals surface area contributed by atoms with E-state index in [0.717, 1.165) is 18.4 Å². The summed E-state index contributed by atoms with van der Waals surface area (Å²) >= 11 is 0. The fraction of sp³-hybridized carbons (Fsp3) is 0.455. The lowest BCUT2D eigenvalue weighted by molar-refractivity contribution is 0.700. The smallest absolute Gasteiger partial charge is 0.248 e. The van der Waals surface area contributed by atoms with E-state index in [1.807, 2.05) is 0 Å². The van der Waals surface area contributed by atoms with Crippen LogP contribution in [0.4, 0.5) is 0 Å². The van der Waals surface area contributed by atoms with Crippen molar-refractivity contribution in [2.24, 2.45) is 10.8 Å². The highest BCUT2D eigenvalue weighted by atomic mass is 16.1. The number of nitrogens with one attached hydrogen (secondary N) is 2. The molecule has 1 heterocycles. The van der Waals surface area contributed by atoms with Crippen LogP contribution in [0, 0.1) is 0 Å². The summed E-state index contributed by atoms with van der Waals surface area (Å²) in [5.41, 5.74) is 3.16. The van der Waals surface area contributed by atoms with E-state index >= 15 is 0 Å². The van der Waals surface area contributed by atoms with Crippen LogP contribution in [0.5, 0.6) is 0 Å². The largest absolute Gasteiger partial charge is 0.329 e. The molecule has 1 aromatic heterocycles. The SMILES string of the molecule is NNC(=NC1CCCC1)c1cc[nH]c(=O)c1. The Balaban J connectivity index is 2.24. The standard InChI is InChI=1S/C11H16N4O/c12-15-11(14-9-3-1-2-4-9)8-5-6-13-10(16)7-8/h5-7,9H,1-4,12H2,(H,13,16)(H,14,15). The van der Waals surface area contributed by atoms with Gasteiger partial charge in [0, 0.05) is 17.8 Å². The predicted molar refractivity (Wildman–Crippen MR) is 63.2 cm³/mol. The minimum absolute atomic E-state index is 0.146. The second-order valence-electron chi connectivity index (χ2n) is 4.00. The quantitative estimate of drug-likeness (QED) is 0.294. The first kappa shape index (κ1) is 10.9. The minimum atomic E-state index is -0.146. The number of hydrogen-bond acceptors (Lipinski definition) is 3. The first-order valence-electron chi connectivity index (χ1n) is 5.53. The molecule has 0 atom stereocenters. The van der Waals surface area contributed by atoms with E-state index in [1.165, 1.54) is 18.9 Å². The molecule has 0 saturated heterocycles. The molecular weight excluding hydrogens is 204 g/mol. The molecule has 4 N–H and O–H groups in total. The summed E-state index contributed by atoms with van der Waals surface area (Å²) < 4.78 is 0. The molecule has 0 spiro atoms. The van der Waals surface area contributed by atoms with Crippen molar-refractivity contribution in [3.05, 3.63) is 34.2 Å². The molecular formula is C11H16N4O. The van der Waals surface area contributed by atoms with Gasteiger partial charge < -0.3 is 10.4 Å². The number of hydrogen-bond donors (Lipinski definition) is 3. The number of nitrogens with two attached hydrogens (primary N) is 1. The lowest BCUT2D eigenvalue weighted by Gasteiger charge is -2.08. The summed E-state index contributed by atoms with van der Waals surface area (Å²) in [4.78, 5) is 18.3. The van der Waals surface area contributed by atoms with Crippen LogP contribution in [0.25, 0.3) is 0 Å². The first-order valence-corrected chi connectivity index (χ1v) is 5.53. The molecule has 1 aliphatic rings. The highest BCUT2D eigenvalue weighted by Gasteiger charge is 2.15. The molecule has 16 heavy (non-hydrogen) atoms. The van der Waals surface area contributed by atoms with Crippen LogP contribution in [-0.2, 0) is 0 Å².